The van der Waals surface area contributed by atoms with E-state index in [1.807, 2.05) is 13.8 Å². The fourth-order valence-electron chi connectivity index (χ4n) is 2.64. The highest BCUT2D eigenvalue weighted by Gasteiger charge is 2.50. The number of carbonyl (C=O) groups excluding carboxylic acids is 1. The first-order valence-corrected chi connectivity index (χ1v) is 5.36. The van der Waals surface area contributed by atoms with Crippen molar-refractivity contribution in [1.82, 2.24) is 4.90 Å². The molecule has 0 aromatic heterocycles. The zero-order valence-corrected chi connectivity index (χ0v) is 9.56. The molecule has 15 heavy (non-hydrogen) atoms. The molecule has 1 N–H and O–H groups in total. The molecule has 1 saturated carbocycles. The number of rotatable bonds is 3. The van der Waals surface area contributed by atoms with Gasteiger partial charge in [0.15, 0.2) is 0 Å². The first-order valence-electron chi connectivity index (χ1n) is 5.36. The summed E-state index contributed by atoms with van der Waals surface area (Å²) in [5, 5.41) is 9.38. The van der Waals surface area contributed by atoms with Crippen molar-refractivity contribution >= 4 is 12.4 Å². The lowest BCUT2D eigenvalue weighted by Gasteiger charge is -2.45. The maximum atomic E-state index is 11.4. The molecule has 1 fully saturated rings. The highest BCUT2D eigenvalue weighted by atomic mass is 16.4. The van der Waals surface area contributed by atoms with E-state index in [0.29, 0.717) is 18.7 Å². The zero-order valence-electron chi connectivity index (χ0n) is 9.56. The molecule has 0 radical (unpaired) electrons. The van der Waals surface area contributed by atoms with Crippen LogP contribution in [0.3, 0.4) is 0 Å². The Morgan fingerprint density at radius 2 is 2.07 bits per heavy atom. The summed E-state index contributed by atoms with van der Waals surface area (Å²) in [5.74, 6) is -0.503. The first kappa shape index (κ1) is 12.0. The molecule has 0 aromatic carbocycles. The van der Waals surface area contributed by atoms with Gasteiger partial charge >= 0.3 is 5.97 Å². The van der Waals surface area contributed by atoms with Gasteiger partial charge in [0.1, 0.15) is 5.54 Å². The van der Waals surface area contributed by atoms with Gasteiger partial charge in [0.2, 0.25) is 6.41 Å². The van der Waals surface area contributed by atoms with E-state index in [1.54, 1.807) is 7.05 Å². The van der Waals surface area contributed by atoms with E-state index in [1.165, 1.54) is 4.90 Å². The van der Waals surface area contributed by atoms with Crippen LogP contribution < -0.4 is 0 Å². The number of carboxylic acid groups (broad SMARTS) is 1. The van der Waals surface area contributed by atoms with Crippen LogP contribution in [-0.4, -0.2) is 35.0 Å². The number of likely N-dealkylation sites (N-methyl/N-ethyl adjacent to an activating group) is 1. The Labute approximate surface area is 90.3 Å². The van der Waals surface area contributed by atoms with Gasteiger partial charge in [-0.15, -0.1) is 0 Å². The minimum absolute atomic E-state index is 0.0152. The summed E-state index contributed by atoms with van der Waals surface area (Å²) >= 11 is 0. The lowest BCUT2D eigenvalue weighted by Crippen LogP contribution is -2.59. The third-order valence-electron chi connectivity index (χ3n) is 3.73. The summed E-state index contributed by atoms with van der Waals surface area (Å²) in [6.45, 7) is 3.96. The molecule has 86 valence electrons. The second kappa shape index (κ2) is 4.21. The largest absolute Gasteiger partial charge is 0.479 e. The SMILES string of the molecule is CC1CCC(C)C(C(=O)O)(N(C)C=O)C1. The van der Waals surface area contributed by atoms with E-state index >= 15 is 0 Å². The Bertz CT molecular complexity index is 267. The number of amides is 1. The third kappa shape index (κ3) is 1.85. The summed E-state index contributed by atoms with van der Waals surface area (Å²) in [6.07, 6.45) is 3.09. The third-order valence-corrected chi connectivity index (χ3v) is 3.73. The van der Waals surface area contributed by atoms with E-state index in [2.05, 4.69) is 0 Å². The van der Waals surface area contributed by atoms with E-state index < -0.39 is 11.5 Å². The highest BCUT2D eigenvalue weighted by molar-refractivity contribution is 5.82. The first-order chi connectivity index (χ1) is 6.95. The Balaban J connectivity index is 3.06. The van der Waals surface area contributed by atoms with Crippen molar-refractivity contribution in [3.8, 4) is 0 Å². The Morgan fingerprint density at radius 3 is 2.53 bits per heavy atom. The van der Waals surface area contributed by atoms with Crippen molar-refractivity contribution in [3.63, 3.8) is 0 Å². The molecular formula is C11H19NO3. The van der Waals surface area contributed by atoms with Crippen LogP contribution in [-0.2, 0) is 9.59 Å². The monoisotopic (exact) mass is 213 g/mol. The minimum atomic E-state index is -1.00. The maximum absolute atomic E-state index is 11.4. The van der Waals surface area contributed by atoms with Crippen molar-refractivity contribution < 1.29 is 14.7 Å². The summed E-state index contributed by atoms with van der Waals surface area (Å²) < 4.78 is 0. The molecule has 4 heteroatoms. The number of hydrogen-bond acceptors (Lipinski definition) is 2. The Hall–Kier alpha value is -1.06. The molecule has 3 atom stereocenters. The average Bonchev–Trinajstić information content (AvgIpc) is 2.20. The smallest absolute Gasteiger partial charge is 0.329 e. The molecule has 0 spiro atoms. The second-order valence-electron chi connectivity index (χ2n) is 4.73. The van der Waals surface area contributed by atoms with Gasteiger partial charge in [0.05, 0.1) is 0 Å². The van der Waals surface area contributed by atoms with Crippen LogP contribution in [0.15, 0.2) is 0 Å². The van der Waals surface area contributed by atoms with Gasteiger partial charge in [0, 0.05) is 7.05 Å². The van der Waals surface area contributed by atoms with Crippen LogP contribution in [0.25, 0.3) is 0 Å². The van der Waals surface area contributed by atoms with Crippen LogP contribution in [0.1, 0.15) is 33.1 Å². The standard InChI is InChI=1S/C11H19NO3/c1-8-4-5-9(2)11(6-8,10(14)15)12(3)7-13/h7-9H,4-6H2,1-3H3,(H,14,15). The van der Waals surface area contributed by atoms with E-state index in [0.717, 1.165) is 12.8 Å². The summed E-state index contributed by atoms with van der Waals surface area (Å²) in [5.41, 5.74) is -1.00. The van der Waals surface area contributed by atoms with Gasteiger partial charge in [-0.3, -0.25) is 4.79 Å². The second-order valence-corrected chi connectivity index (χ2v) is 4.73. The Kier molecular flexibility index (Phi) is 3.37. The maximum Gasteiger partial charge on any atom is 0.329 e. The van der Waals surface area contributed by atoms with Crippen molar-refractivity contribution in [3.05, 3.63) is 0 Å². The van der Waals surface area contributed by atoms with Crippen LogP contribution >= 0.6 is 0 Å². The van der Waals surface area contributed by atoms with Gasteiger partial charge < -0.3 is 10.0 Å². The normalized spacial score (nSPS) is 35.9. The molecule has 1 amide bonds. The lowest BCUT2D eigenvalue weighted by atomic mass is 9.69. The van der Waals surface area contributed by atoms with Gasteiger partial charge in [0.25, 0.3) is 0 Å². The van der Waals surface area contributed by atoms with Gasteiger partial charge in [-0.2, -0.15) is 0 Å². The molecule has 0 aromatic rings. The van der Waals surface area contributed by atoms with Gasteiger partial charge in [-0.1, -0.05) is 20.3 Å². The fraction of sp³-hybridized carbons (Fsp3) is 0.818. The predicted molar refractivity (Wildman–Crippen MR) is 56.4 cm³/mol. The van der Waals surface area contributed by atoms with E-state index in [9.17, 15) is 14.7 Å². The predicted octanol–water partition coefficient (Wildman–Crippen LogP) is 1.35. The van der Waals surface area contributed by atoms with Crippen LogP contribution in [0.4, 0.5) is 0 Å². The number of carboxylic acids is 1. The van der Waals surface area contributed by atoms with Crippen molar-refractivity contribution in [2.24, 2.45) is 11.8 Å². The number of nitrogens with zero attached hydrogens (tertiary/aromatic N) is 1. The number of aliphatic carboxylic acids is 1. The average molecular weight is 213 g/mol. The number of hydrogen-bond donors (Lipinski definition) is 1. The molecule has 0 aliphatic heterocycles. The molecule has 1 aliphatic rings. The molecule has 3 unspecified atom stereocenters. The highest BCUT2D eigenvalue weighted by Crippen LogP contribution is 2.40. The molecule has 0 saturated heterocycles. The lowest BCUT2D eigenvalue weighted by molar-refractivity contribution is -0.161. The zero-order chi connectivity index (χ0) is 11.6. The molecule has 0 heterocycles. The summed E-state index contributed by atoms with van der Waals surface area (Å²) in [4.78, 5) is 23.6. The van der Waals surface area contributed by atoms with Crippen molar-refractivity contribution in [1.29, 1.82) is 0 Å². The molecule has 0 bridgehead atoms. The minimum Gasteiger partial charge on any atom is -0.479 e. The van der Waals surface area contributed by atoms with Crippen LogP contribution in [0.5, 0.6) is 0 Å². The van der Waals surface area contributed by atoms with Gasteiger partial charge in [-0.25, -0.2) is 4.79 Å². The molecule has 1 aliphatic carbocycles. The van der Waals surface area contributed by atoms with Crippen LogP contribution in [0, 0.1) is 11.8 Å². The van der Waals surface area contributed by atoms with E-state index in [4.69, 9.17) is 0 Å². The Morgan fingerprint density at radius 1 is 1.47 bits per heavy atom. The van der Waals surface area contributed by atoms with Crippen molar-refractivity contribution in [2.45, 2.75) is 38.6 Å². The number of carbonyl (C=O) groups is 2. The molecule has 1 rings (SSSR count). The molecule has 4 nitrogen and oxygen atoms in total. The molecular weight excluding hydrogens is 194 g/mol. The fourth-order valence-corrected chi connectivity index (χ4v) is 2.64. The topological polar surface area (TPSA) is 57.6 Å². The van der Waals surface area contributed by atoms with Gasteiger partial charge in [-0.05, 0) is 24.7 Å². The quantitative estimate of drug-likeness (QED) is 0.720. The van der Waals surface area contributed by atoms with E-state index in [-0.39, 0.29) is 5.92 Å². The van der Waals surface area contributed by atoms with Crippen LogP contribution in [0.2, 0.25) is 0 Å². The summed E-state index contributed by atoms with van der Waals surface area (Å²) in [7, 11) is 1.57. The van der Waals surface area contributed by atoms with Crippen molar-refractivity contribution in [2.75, 3.05) is 7.05 Å². The summed E-state index contributed by atoms with van der Waals surface area (Å²) in [6, 6.07) is 0.